The van der Waals surface area contributed by atoms with Crippen LogP contribution in [0.3, 0.4) is 0 Å². The lowest BCUT2D eigenvalue weighted by Crippen LogP contribution is -2.41. The zero-order valence-electron chi connectivity index (χ0n) is 11.3. The van der Waals surface area contributed by atoms with E-state index in [1.54, 1.807) is 0 Å². The molecule has 1 aliphatic rings. The molecule has 0 aliphatic carbocycles. The summed E-state index contributed by atoms with van der Waals surface area (Å²) in [5.74, 6) is 0.741. The Kier molecular flexibility index (Phi) is 6.32. The molecule has 0 aromatic rings. The van der Waals surface area contributed by atoms with Gasteiger partial charge in [0.15, 0.2) is 0 Å². The number of hydrogen-bond donors (Lipinski definition) is 1. The van der Waals surface area contributed by atoms with E-state index < -0.39 is 0 Å². The maximum Gasteiger partial charge on any atom is 0.0700 e. The van der Waals surface area contributed by atoms with Crippen molar-refractivity contribution in [2.24, 2.45) is 5.92 Å². The lowest BCUT2D eigenvalue weighted by molar-refractivity contribution is 0.107. The molecule has 3 nitrogen and oxygen atoms in total. The minimum atomic E-state index is 0.461. The lowest BCUT2D eigenvalue weighted by atomic mass is 10.2. The Bertz CT molecular complexity index is 179. The van der Waals surface area contributed by atoms with Gasteiger partial charge in [0.1, 0.15) is 0 Å². The number of nitrogens with zero attached hydrogens (tertiary/aromatic N) is 1. The number of rotatable bonds is 7. The maximum absolute atomic E-state index is 5.58. The van der Waals surface area contributed by atoms with E-state index in [-0.39, 0.29) is 0 Å². The van der Waals surface area contributed by atoms with Crippen LogP contribution in [0.5, 0.6) is 0 Å². The van der Waals surface area contributed by atoms with Gasteiger partial charge in [-0.25, -0.2) is 0 Å². The predicted molar refractivity (Wildman–Crippen MR) is 68.8 cm³/mol. The van der Waals surface area contributed by atoms with Gasteiger partial charge in [0.2, 0.25) is 0 Å². The molecule has 1 fully saturated rings. The van der Waals surface area contributed by atoms with Crippen LogP contribution < -0.4 is 5.32 Å². The van der Waals surface area contributed by atoms with Crippen molar-refractivity contribution >= 4 is 0 Å². The van der Waals surface area contributed by atoms with Crippen LogP contribution in [0.4, 0.5) is 0 Å². The highest BCUT2D eigenvalue weighted by molar-refractivity contribution is 4.71. The van der Waals surface area contributed by atoms with Gasteiger partial charge in [-0.1, -0.05) is 13.8 Å². The molecule has 3 heteroatoms. The van der Waals surface area contributed by atoms with Gasteiger partial charge in [0, 0.05) is 32.3 Å². The van der Waals surface area contributed by atoms with Crippen molar-refractivity contribution in [3.63, 3.8) is 0 Å². The fourth-order valence-corrected chi connectivity index (χ4v) is 2.17. The van der Waals surface area contributed by atoms with Crippen LogP contribution in [0.2, 0.25) is 0 Å². The average Bonchev–Trinajstić information content (AvgIpc) is 2.69. The number of hydrogen-bond acceptors (Lipinski definition) is 3. The van der Waals surface area contributed by atoms with Gasteiger partial charge in [-0.3, -0.25) is 0 Å². The molecule has 1 rings (SSSR count). The summed E-state index contributed by atoms with van der Waals surface area (Å²) < 4.78 is 5.58. The molecular weight excluding hydrogens is 200 g/mol. The highest BCUT2D eigenvalue weighted by Gasteiger charge is 2.16. The third kappa shape index (κ3) is 5.28. The maximum atomic E-state index is 5.58. The molecule has 1 saturated heterocycles. The van der Waals surface area contributed by atoms with Gasteiger partial charge >= 0.3 is 0 Å². The summed E-state index contributed by atoms with van der Waals surface area (Å²) >= 11 is 0. The van der Waals surface area contributed by atoms with Gasteiger partial charge in [-0.15, -0.1) is 0 Å². The third-order valence-corrected chi connectivity index (χ3v) is 3.24. The second kappa shape index (κ2) is 7.25. The smallest absolute Gasteiger partial charge is 0.0700 e. The lowest BCUT2D eigenvalue weighted by Gasteiger charge is -2.27. The van der Waals surface area contributed by atoms with Gasteiger partial charge in [0.05, 0.1) is 6.10 Å². The first-order chi connectivity index (χ1) is 7.59. The average molecular weight is 228 g/mol. The van der Waals surface area contributed by atoms with Crippen molar-refractivity contribution in [2.45, 2.75) is 45.8 Å². The monoisotopic (exact) mass is 228 g/mol. The molecule has 0 amide bonds. The Morgan fingerprint density at radius 1 is 1.38 bits per heavy atom. The van der Waals surface area contributed by atoms with Crippen molar-refractivity contribution in [3.05, 3.63) is 0 Å². The first kappa shape index (κ1) is 13.9. The molecular formula is C13H28N2O. The summed E-state index contributed by atoms with van der Waals surface area (Å²) in [5, 5.41) is 3.51. The Labute approximate surface area is 101 Å². The summed E-state index contributed by atoms with van der Waals surface area (Å²) in [6.45, 7) is 11.0. The molecule has 0 bridgehead atoms. The van der Waals surface area contributed by atoms with Crippen molar-refractivity contribution in [1.29, 1.82) is 0 Å². The summed E-state index contributed by atoms with van der Waals surface area (Å²) in [5.41, 5.74) is 0. The molecule has 0 aromatic carbocycles. The summed E-state index contributed by atoms with van der Waals surface area (Å²) in [6, 6.07) is 0.601. The molecule has 2 unspecified atom stereocenters. The second-order valence-electron chi connectivity index (χ2n) is 5.48. The normalized spacial score (nSPS) is 23.2. The molecule has 0 radical (unpaired) electrons. The minimum Gasteiger partial charge on any atom is -0.377 e. The standard InChI is InChI=1S/C13H28N2O/c1-11(2)10-15(4)12(3)8-14-9-13-6-5-7-16-13/h11-14H,5-10H2,1-4H3. The molecule has 1 N–H and O–H groups in total. The number of likely N-dealkylation sites (N-methyl/N-ethyl adjacent to an activating group) is 1. The highest BCUT2D eigenvalue weighted by atomic mass is 16.5. The number of ether oxygens (including phenoxy) is 1. The molecule has 1 aliphatic heterocycles. The molecule has 1 heterocycles. The van der Waals surface area contributed by atoms with Crippen LogP contribution in [0.15, 0.2) is 0 Å². The van der Waals surface area contributed by atoms with Gasteiger partial charge in [-0.05, 0) is 32.7 Å². The molecule has 2 atom stereocenters. The Hall–Kier alpha value is -0.120. The van der Waals surface area contributed by atoms with Crippen LogP contribution in [-0.4, -0.2) is 50.3 Å². The van der Waals surface area contributed by atoms with E-state index >= 15 is 0 Å². The predicted octanol–water partition coefficient (Wildman–Crippen LogP) is 1.73. The van der Waals surface area contributed by atoms with Crippen LogP contribution in [-0.2, 0) is 4.74 Å². The first-order valence-electron chi connectivity index (χ1n) is 6.62. The van der Waals surface area contributed by atoms with E-state index in [9.17, 15) is 0 Å². The van der Waals surface area contributed by atoms with Crippen molar-refractivity contribution < 1.29 is 4.74 Å². The van der Waals surface area contributed by atoms with Crippen molar-refractivity contribution in [3.8, 4) is 0 Å². The zero-order valence-corrected chi connectivity index (χ0v) is 11.3. The third-order valence-electron chi connectivity index (χ3n) is 3.24. The van der Waals surface area contributed by atoms with E-state index in [2.05, 4.69) is 38.0 Å². The van der Waals surface area contributed by atoms with E-state index in [0.29, 0.717) is 12.1 Å². The van der Waals surface area contributed by atoms with Gasteiger partial charge < -0.3 is 15.0 Å². The fraction of sp³-hybridized carbons (Fsp3) is 1.00. The second-order valence-corrected chi connectivity index (χ2v) is 5.48. The number of nitrogens with one attached hydrogen (secondary N) is 1. The van der Waals surface area contributed by atoms with Gasteiger partial charge in [0.25, 0.3) is 0 Å². The molecule has 0 saturated carbocycles. The summed E-state index contributed by atoms with van der Waals surface area (Å²) in [4.78, 5) is 2.42. The molecule has 16 heavy (non-hydrogen) atoms. The van der Waals surface area contributed by atoms with Crippen molar-refractivity contribution in [2.75, 3.05) is 33.3 Å². The van der Waals surface area contributed by atoms with E-state index in [1.807, 2.05) is 0 Å². The van der Waals surface area contributed by atoms with Crippen LogP contribution in [0.25, 0.3) is 0 Å². The molecule has 0 aromatic heterocycles. The van der Waals surface area contributed by atoms with Crippen LogP contribution in [0.1, 0.15) is 33.6 Å². The topological polar surface area (TPSA) is 24.5 Å². The Morgan fingerprint density at radius 2 is 2.12 bits per heavy atom. The van der Waals surface area contributed by atoms with Crippen molar-refractivity contribution in [1.82, 2.24) is 10.2 Å². The SMILES string of the molecule is CC(C)CN(C)C(C)CNCC1CCCO1. The minimum absolute atomic E-state index is 0.461. The Morgan fingerprint density at radius 3 is 2.69 bits per heavy atom. The largest absolute Gasteiger partial charge is 0.377 e. The van der Waals surface area contributed by atoms with E-state index in [4.69, 9.17) is 4.74 Å². The quantitative estimate of drug-likeness (QED) is 0.718. The summed E-state index contributed by atoms with van der Waals surface area (Å²) in [6.07, 6.45) is 2.92. The van der Waals surface area contributed by atoms with E-state index in [1.165, 1.54) is 19.4 Å². The summed E-state index contributed by atoms with van der Waals surface area (Å²) in [7, 11) is 2.21. The fourth-order valence-electron chi connectivity index (χ4n) is 2.17. The van der Waals surface area contributed by atoms with E-state index in [0.717, 1.165) is 25.6 Å². The molecule has 0 spiro atoms. The first-order valence-corrected chi connectivity index (χ1v) is 6.62. The van der Waals surface area contributed by atoms with Crippen LogP contribution in [0, 0.1) is 5.92 Å². The van der Waals surface area contributed by atoms with Gasteiger partial charge in [-0.2, -0.15) is 0 Å². The van der Waals surface area contributed by atoms with Crippen LogP contribution >= 0.6 is 0 Å². The Balaban J connectivity index is 2.06. The zero-order chi connectivity index (χ0) is 12.0. The highest BCUT2D eigenvalue weighted by Crippen LogP contribution is 2.10. The molecule has 96 valence electrons.